The Morgan fingerprint density at radius 2 is 1.89 bits per heavy atom. The molecule has 1 aromatic carbocycles. The maximum absolute atomic E-state index is 12.3. The summed E-state index contributed by atoms with van der Waals surface area (Å²) >= 11 is 0. The number of amides is 1. The van der Waals surface area contributed by atoms with E-state index in [1.54, 1.807) is 11.9 Å². The number of aromatic nitrogens is 4. The highest BCUT2D eigenvalue weighted by Crippen LogP contribution is 2.18. The molecule has 2 aromatic heterocycles. The second-order valence-corrected chi connectivity index (χ2v) is 6.47. The van der Waals surface area contributed by atoms with E-state index in [0.29, 0.717) is 6.54 Å². The molecule has 0 fully saturated rings. The van der Waals surface area contributed by atoms with Gasteiger partial charge in [0.2, 0.25) is 0 Å². The Morgan fingerprint density at radius 3 is 2.67 bits per heavy atom. The van der Waals surface area contributed by atoms with E-state index in [9.17, 15) is 4.79 Å². The highest BCUT2D eigenvalue weighted by atomic mass is 16.2. The van der Waals surface area contributed by atoms with Crippen molar-refractivity contribution in [2.45, 2.75) is 25.7 Å². The average molecular weight is 364 g/mol. The summed E-state index contributed by atoms with van der Waals surface area (Å²) < 4.78 is 0. The number of unbranched alkanes of at least 4 members (excludes halogenated alkanes) is 2. The molecule has 0 aliphatic heterocycles. The molecule has 27 heavy (non-hydrogen) atoms. The number of rotatable bonds is 8. The van der Waals surface area contributed by atoms with Gasteiger partial charge in [-0.05, 0) is 25.3 Å². The van der Waals surface area contributed by atoms with Gasteiger partial charge >= 0.3 is 0 Å². The number of carbonyl (C=O) groups is 1. The molecule has 3 rings (SSSR count). The zero-order valence-electron chi connectivity index (χ0n) is 15.4. The van der Waals surface area contributed by atoms with Crippen molar-refractivity contribution in [2.75, 3.05) is 19.3 Å². The largest absolute Gasteiger partial charge is 0.382 e. The molecular weight excluding hydrogens is 340 g/mol. The third-order valence-corrected chi connectivity index (χ3v) is 4.42. The fourth-order valence-electron chi connectivity index (χ4n) is 2.88. The molecule has 3 aromatic rings. The Bertz CT molecular complexity index is 877. The van der Waals surface area contributed by atoms with Crippen LogP contribution < -0.4 is 5.73 Å². The molecule has 3 N–H and O–H groups in total. The number of nitrogens with zero attached hydrogens (tertiary/aromatic N) is 4. The van der Waals surface area contributed by atoms with Gasteiger partial charge in [0.05, 0.1) is 5.69 Å². The molecule has 1 amide bonds. The molecule has 140 valence electrons. The summed E-state index contributed by atoms with van der Waals surface area (Å²) in [5.41, 5.74) is 9.14. The highest BCUT2D eigenvalue weighted by molar-refractivity contribution is 5.96. The number of aryl methyl sites for hydroxylation is 1. The van der Waals surface area contributed by atoms with Gasteiger partial charge < -0.3 is 10.6 Å². The normalized spacial score (nSPS) is 10.7. The predicted molar refractivity (Wildman–Crippen MR) is 105 cm³/mol. The lowest BCUT2D eigenvalue weighted by Gasteiger charge is -2.16. The molecular formula is C20H24N6O. The van der Waals surface area contributed by atoms with Gasteiger partial charge in [0.1, 0.15) is 0 Å². The summed E-state index contributed by atoms with van der Waals surface area (Å²) in [6.45, 7) is 0.660. The molecule has 0 aliphatic rings. The molecule has 0 atom stereocenters. The molecule has 0 unspecified atom stereocenters. The summed E-state index contributed by atoms with van der Waals surface area (Å²) in [6, 6.07) is 12.2. The van der Waals surface area contributed by atoms with Gasteiger partial charge in [0.15, 0.2) is 11.5 Å². The SMILES string of the molecule is CN(CCCCCc1cc(-c2ccccc2)n[nH]1)C(=O)c1nccnc1N. The molecule has 0 spiro atoms. The van der Waals surface area contributed by atoms with Crippen molar-refractivity contribution in [1.82, 2.24) is 25.1 Å². The number of nitrogens with two attached hydrogens (primary N) is 1. The number of H-pyrrole nitrogens is 1. The monoisotopic (exact) mass is 364 g/mol. The van der Waals surface area contributed by atoms with Gasteiger partial charge in [-0.25, -0.2) is 9.97 Å². The third kappa shape index (κ3) is 4.91. The lowest BCUT2D eigenvalue weighted by atomic mass is 10.1. The second kappa shape index (κ2) is 8.93. The van der Waals surface area contributed by atoms with Crippen LogP contribution in [0.2, 0.25) is 0 Å². The summed E-state index contributed by atoms with van der Waals surface area (Å²) in [6.07, 6.45) is 6.87. The van der Waals surface area contributed by atoms with Crippen molar-refractivity contribution in [1.29, 1.82) is 0 Å². The first-order valence-corrected chi connectivity index (χ1v) is 9.07. The maximum atomic E-state index is 12.3. The molecule has 0 radical (unpaired) electrons. The summed E-state index contributed by atoms with van der Waals surface area (Å²) in [5, 5.41) is 7.48. The van der Waals surface area contributed by atoms with E-state index >= 15 is 0 Å². The quantitative estimate of drug-likeness (QED) is 0.599. The Kier molecular flexibility index (Phi) is 6.14. The number of anilines is 1. The van der Waals surface area contributed by atoms with Crippen LogP contribution in [0.4, 0.5) is 5.82 Å². The number of benzene rings is 1. The lowest BCUT2D eigenvalue weighted by molar-refractivity contribution is 0.0787. The highest BCUT2D eigenvalue weighted by Gasteiger charge is 2.16. The number of aromatic amines is 1. The Labute approximate surface area is 158 Å². The van der Waals surface area contributed by atoms with E-state index in [2.05, 4.69) is 38.4 Å². The first kappa shape index (κ1) is 18.6. The van der Waals surface area contributed by atoms with E-state index < -0.39 is 0 Å². The van der Waals surface area contributed by atoms with Gasteiger partial charge in [0, 0.05) is 37.2 Å². The number of nitrogen functional groups attached to an aromatic ring is 1. The number of hydrogen-bond acceptors (Lipinski definition) is 5. The second-order valence-electron chi connectivity index (χ2n) is 6.47. The van der Waals surface area contributed by atoms with Crippen LogP contribution in [0.3, 0.4) is 0 Å². The smallest absolute Gasteiger partial charge is 0.276 e. The van der Waals surface area contributed by atoms with Crippen LogP contribution in [0.25, 0.3) is 11.3 Å². The van der Waals surface area contributed by atoms with Crippen LogP contribution in [0.15, 0.2) is 48.8 Å². The van der Waals surface area contributed by atoms with Gasteiger partial charge in [-0.15, -0.1) is 0 Å². The van der Waals surface area contributed by atoms with Crippen molar-refractivity contribution in [3.63, 3.8) is 0 Å². The first-order valence-electron chi connectivity index (χ1n) is 9.07. The zero-order chi connectivity index (χ0) is 19.1. The van der Waals surface area contributed by atoms with E-state index in [1.165, 1.54) is 12.4 Å². The van der Waals surface area contributed by atoms with E-state index in [4.69, 9.17) is 5.73 Å². The van der Waals surface area contributed by atoms with E-state index in [-0.39, 0.29) is 17.4 Å². The minimum atomic E-state index is -0.193. The number of carbonyl (C=O) groups excluding carboxylic acids is 1. The van der Waals surface area contributed by atoms with Gasteiger partial charge in [-0.2, -0.15) is 5.10 Å². The van der Waals surface area contributed by atoms with Crippen molar-refractivity contribution in [3.05, 3.63) is 60.2 Å². The Morgan fingerprint density at radius 1 is 1.11 bits per heavy atom. The predicted octanol–water partition coefficient (Wildman–Crippen LogP) is 2.93. The van der Waals surface area contributed by atoms with Crippen LogP contribution in [0, 0.1) is 0 Å². The molecule has 0 saturated carbocycles. The standard InChI is InChI=1S/C20H24N6O/c1-26(20(27)18-19(21)23-12-11-22-18)13-7-3-6-10-16-14-17(25-24-16)15-8-4-2-5-9-15/h2,4-5,8-9,11-12,14H,3,6-7,10,13H2,1H3,(H2,21,23)(H,24,25). The van der Waals surface area contributed by atoms with Crippen molar-refractivity contribution < 1.29 is 4.79 Å². The number of hydrogen-bond donors (Lipinski definition) is 2. The fourth-order valence-corrected chi connectivity index (χ4v) is 2.88. The summed E-state index contributed by atoms with van der Waals surface area (Å²) in [4.78, 5) is 21.9. The van der Waals surface area contributed by atoms with Crippen LogP contribution in [0.5, 0.6) is 0 Å². The number of nitrogens with one attached hydrogen (secondary N) is 1. The van der Waals surface area contributed by atoms with Gasteiger partial charge in [0.25, 0.3) is 5.91 Å². The van der Waals surface area contributed by atoms with Crippen LogP contribution >= 0.6 is 0 Å². The fraction of sp³-hybridized carbons (Fsp3) is 0.300. The van der Waals surface area contributed by atoms with E-state index in [1.807, 2.05) is 18.2 Å². The lowest BCUT2D eigenvalue weighted by Crippen LogP contribution is -2.29. The van der Waals surface area contributed by atoms with E-state index in [0.717, 1.165) is 42.6 Å². The Hall–Kier alpha value is -3.22. The minimum Gasteiger partial charge on any atom is -0.382 e. The molecule has 7 nitrogen and oxygen atoms in total. The van der Waals surface area contributed by atoms with Crippen LogP contribution in [0.1, 0.15) is 35.4 Å². The van der Waals surface area contributed by atoms with Gasteiger partial charge in [-0.3, -0.25) is 9.89 Å². The molecule has 7 heteroatoms. The van der Waals surface area contributed by atoms with Crippen LogP contribution in [-0.2, 0) is 6.42 Å². The Balaban J connectivity index is 1.40. The zero-order valence-corrected chi connectivity index (χ0v) is 15.4. The minimum absolute atomic E-state index is 0.169. The van der Waals surface area contributed by atoms with Gasteiger partial charge in [-0.1, -0.05) is 36.8 Å². The molecule has 0 aliphatic carbocycles. The molecule has 0 bridgehead atoms. The van der Waals surface area contributed by atoms with Crippen LogP contribution in [-0.4, -0.2) is 44.6 Å². The summed E-state index contributed by atoms with van der Waals surface area (Å²) in [5.74, 6) is -0.0236. The van der Waals surface area contributed by atoms with Crippen molar-refractivity contribution in [2.24, 2.45) is 0 Å². The average Bonchev–Trinajstić information content (AvgIpc) is 3.17. The molecule has 0 saturated heterocycles. The first-order chi connectivity index (χ1) is 13.1. The summed E-state index contributed by atoms with van der Waals surface area (Å²) in [7, 11) is 1.76. The molecule has 2 heterocycles. The third-order valence-electron chi connectivity index (χ3n) is 4.42. The maximum Gasteiger partial charge on any atom is 0.276 e. The topological polar surface area (TPSA) is 101 Å². The van der Waals surface area contributed by atoms with Crippen molar-refractivity contribution >= 4 is 11.7 Å². The van der Waals surface area contributed by atoms with Crippen molar-refractivity contribution in [3.8, 4) is 11.3 Å².